The number of carbonyl (C=O) groups is 2. The van der Waals surface area contributed by atoms with Gasteiger partial charge in [0.2, 0.25) is 0 Å². The van der Waals surface area contributed by atoms with Crippen LogP contribution in [0.25, 0.3) is 0 Å². The van der Waals surface area contributed by atoms with E-state index in [4.69, 9.17) is 21.7 Å². The van der Waals surface area contributed by atoms with Crippen molar-refractivity contribution in [2.45, 2.75) is 24.9 Å². The van der Waals surface area contributed by atoms with Gasteiger partial charge in [-0.15, -0.1) is 11.3 Å². The first-order valence-corrected chi connectivity index (χ1v) is 5.76. The topological polar surface area (TPSA) is 127 Å². The van der Waals surface area contributed by atoms with Crippen LogP contribution in [0.5, 0.6) is 0 Å². The lowest BCUT2D eigenvalue weighted by Gasteiger charge is -2.04. The number of thiophene rings is 1. The number of rotatable bonds is 6. The van der Waals surface area contributed by atoms with Crippen molar-refractivity contribution >= 4 is 23.3 Å². The highest BCUT2D eigenvalue weighted by Gasteiger charge is 2.16. The molecule has 0 saturated heterocycles. The molecule has 0 amide bonds. The Morgan fingerprint density at radius 3 is 1.71 bits per heavy atom. The van der Waals surface area contributed by atoms with E-state index in [1.807, 2.05) is 0 Å². The molecule has 0 bridgehead atoms. The van der Waals surface area contributed by atoms with E-state index < -0.39 is 24.0 Å². The Balaban J connectivity index is 2.59. The van der Waals surface area contributed by atoms with E-state index in [2.05, 4.69) is 0 Å². The molecule has 94 valence electrons. The van der Waals surface area contributed by atoms with Gasteiger partial charge in [0.15, 0.2) is 0 Å². The van der Waals surface area contributed by atoms with E-state index in [1.54, 1.807) is 12.1 Å². The monoisotopic (exact) mass is 258 g/mol. The van der Waals surface area contributed by atoms with Crippen LogP contribution in [0.15, 0.2) is 12.1 Å². The van der Waals surface area contributed by atoms with E-state index >= 15 is 0 Å². The summed E-state index contributed by atoms with van der Waals surface area (Å²) in [5, 5.41) is 17.3. The Kier molecular flexibility index (Phi) is 4.62. The van der Waals surface area contributed by atoms with Crippen LogP contribution in [-0.4, -0.2) is 34.2 Å². The van der Waals surface area contributed by atoms with Gasteiger partial charge in [-0.3, -0.25) is 9.59 Å². The van der Waals surface area contributed by atoms with Gasteiger partial charge in [0.05, 0.1) is 0 Å². The quantitative estimate of drug-likeness (QED) is 0.552. The summed E-state index contributed by atoms with van der Waals surface area (Å²) in [6.07, 6.45) is 0.477. The average molecular weight is 258 g/mol. The summed E-state index contributed by atoms with van der Waals surface area (Å²) in [4.78, 5) is 22.7. The van der Waals surface area contributed by atoms with Crippen LogP contribution >= 0.6 is 11.3 Å². The summed E-state index contributed by atoms with van der Waals surface area (Å²) in [6, 6.07) is 1.62. The predicted molar refractivity (Wildman–Crippen MR) is 62.9 cm³/mol. The summed E-state index contributed by atoms with van der Waals surface area (Å²) in [7, 11) is 0. The van der Waals surface area contributed by atoms with Crippen molar-refractivity contribution < 1.29 is 19.8 Å². The van der Waals surface area contributed by atoms with Gasteiger partial charge in [-0.25, -0.2) is 0 Å². The summed E-state index contributed by atoms with van der Waals surface area (Å²) in [5.41, 5.74) is 10.8. The molecule has 1 aromatic heterocycles. The molecule has 1 aromatic rings. The SMILES string of the molecule is NC(Cc1ccc(CC(N)C(=O)O)s1)C(=O)O. The fourth-order valence-electron chi connectivity index (χ4n) is 1.25. The first-order chi connectivity index (χ1) is 7.90. The number of hydrogen-bond donors (Lipinski definition) is 4. The fourth-order valence-corrected chi connectivity index (χ4v) is 2.38. The summed E-state index contributed by atoms with van der Waals surface area (Å²) < 4.78 is 0. The molecule has 0 radical (unpaired) electrons. The molecule has 0 aliphatic heterocycles. The average Bonchev–Trinajstić information content (AvgIpc) is 2.65. The molecule has 2 unspecified atom stereocenters. The lowest BCUT2D eigenvalue weighted by molar-refractivity contribution is -0.139. The molecule has 0 saturated carbocycles. The molecule has 17 heavy (non-hydrogen) atoms. The molecular weight excluding hydrogens is 244 g/mol. The molecule has 0 aliphatic carbocycles. The molecule has 0 fully saturated rings. The van der Waals surface area contributed by atoms with Gasteiger partial charge in [0, 0.05) is 22.6 Å². The highest BCUT2D eigenvalue weighted by Crippen LogP contribution is 2.19. The second kappa shape index (κ2) is 5.76. The zero-order chi connectivity index (χ0) is 13.0. The van der Waals surface area contributed by atoms with Crippen molar-refractivity contribution in [1.82, 2.24) is 0 Å². The third kappa shape index (κ3) is 4.14. The maximum atomic E-state index is 10.6. The number of nitrogens with two attached hydrogens (primary N) is 2. The van der Waals surface area contributed by atoms with Crippen LogP contribution in [0.3, 0.4) is 0 Å². The normalized spacial score (nSPS) is 14.2. The zero-order valence-electron chi connectivity index (χ0n) is 9.00. The molecule has 1 heterocycles. The van der Waals surface area contributed by atoms with Gasteiger partial charge in [-0.2, -0.15) is 0 Å². The van der Waals surface area contributed by atoms with E-state index in [0.717, 1.165) is 9.75 Å². The number of hydrogen-bond acceptors (Lipinski definition) is 5. The molecule has 6 N–H and O–H groups in total. The lowest BCUT2D eigenvalue weighted by Crippen LogP contribution is -2.32. The van der Waals surface area contributed by atoms with Gasteiger partial charge >= 0.3 is 11.9 Å². The summed E-state index contributed by atoms with van der Waals surface area (Å²) in [5.74, 6) is -2.11. The van der Waals surface area contributed by atoms with Gasteiger partial charge < -0.3 is 21.7 Å². The van der Waals surface area contributed by atoms with Crippen LogP contribution in [-0.2, 0) is 22.4 Å². The minimum atomic E-state index is -1.05. The first-order valence-electron chi connectivity index (χ1n) is 4.94. The largest absolute Gasteiger partial charge is 0.480 e. The van der Waals surface area contributed by atoms with Crippen LogP contribution < -0.4 is 11.5 Å². The summed E-state index contributed by atoms with van der Waals surface area (Å²) >= 11 is 1.34. The standard InChI is InChI=1S/C10H14N2O4S/c11-7(9(13)14)3-5-1-2-6(17-5)4-8(12)10(15)16/h1-2,7-8H,3-4,11-12H2,(H,13,14)(H,15,16). The predicted octanol–water partition coefficient (Wildman–Crippen LogP) is -0.343. The van der Waals surface area contributed by atoms with Crippen LogP contribution in [0.4, 0.5) is 0 Å². The number of carboxylic acid groups (broad SMARTS) is 2. The van der Waals surface area contributed by atoms with Crippen molar-refractivity contribution in [2.75, 3.05) is 0 Å². The van der Waals surface area contributed by atoms with Crippen LogP contribution in [0.1, 0.15) is 9.75 Å². The van der Waals surface area contributed by atoms with Crippen molar-refractivity contribution in [1.29, 1.82) is 0 Å². The van der Waals surface area contributed by atoms with Crippen molar-refractivity contribution in [3.63, 3.8) is 0 Å². The lowest BCUT2D eigenvalue weighted by atomic mass is 10.2. The van der Waals surface area contributed by atoms with Gasteiger partial charge in [0.25, 0.3) is 0 Å². The molecule has 6 nitrogen and oxygen atoms in total. The Labute approximate surface area is 102 Å². The fraction of sp³-hybridized carbons (Fsp3) is 0.400. The van der Waals surface area contributed by atoms with Gasteiger partial charge in [-0.05, 0) is 12.1 Å². The van der Waals surface area contributed by atoms with E-state index in [-0.39, 0.29) is 12.8 Å². The van der Waals surface area contributed by atoms with Gasteiger partial charge in [-0.1, -0.05) is 0 Å². The third-order valence-corrected chi connectivity index (χ3v) is 3.32. The van der Waals surface area contributed by atoms with E-state index in [1.165, 1.54) is 11.3 Å². The second-order valence-corrected chi connectivity index (χ2v) is 4.92. The molecule has 7 heteroatoms. The van der Waals surface area contributed by atoms with Crippen LogP contribution in [0.2, 0.25) is 0 Å². The van der Waals surface area contributed by atoms with Crippen molar-refractivity contribution in [3.05, 3.63) is 21.9 Å². The number of aliphatic carboxylic acids is 2. The second-order valence-electron chi connectivity index (χ2n) is 3.67. The Morgan fingerprint density at radius 2 is 1.41 bits per heavy atom. The molecular formula is C10H14N2O4S. The molecule has 0 aromatic carbocycles. The Bertz CT molecular complexity index is 382. The van der Waals surface area contributed by atoms with Gasteiger partial charge in [0.1, 0.15) is 12.1 Å². The zero-order valence-corrected chi connectivity index (χ0v) is 9.81. The first kappa shape index (κ1) is 13.6. The van der Waals surface area contributed by atoms with E-state index in [0.29, 0.717) is 0 Å². The maximum absolute atomic E-state index is 10.6. The molecule has 0 spiro atoms. The molecule has 2 atom stereocenters. The highest BCUT2D eigenvalue weighted by atomic mass is 32.1. The minimum Gasteiger partial charge on any atom is -0.480 e. The maximum Gasteiger partial charge on any atom is 0.320 e. The molecule has 0 aliphatic rings. The third-order valence-electron chi connectivity index (χ3n) is 2.19. The van der Waals surface area contributed by atoms with E-state index in [9.17, 15) is 9.59 Å². The highest BCUT2D eigenvalue weighted by molar-refractivity contribution is 7.12. The molecule has 1 rings (SSSR count). The Hall–Kier alpha value is -1.44. The number of carboxylic acids is 2. The summed E-state index contributed by atoms with van der Waals surface area (Å²) in [6.45, 7) is 0. The minimum absolute atomic E-state index is 0.238. The van der Waals surface area contributed by atoms with Crippen LogP contribution in [0, 0.1) is 0 Å². The Morgan fingerprint density at radius 1 is 1.06 bits per heavy atom. The van der Waals surface area contributed by atoms with Crippen molar-refractivity contribution in [2.24, 2.45) is 11.5 Å². The van der Waals surface area contributed by atoms with Crippen molar-refractivity contribution in [3.8, 4) is 0 Å². The smallest absolute Gasteiger partial charge is 0.320 e.